The van der Waals surface area contributed by atoms with E-state index >= 15 is 0 Å². The van der Waals surface area contributed by atoms with Crippen molar-refractivity contribution in [1.82, 2.24) is 0 Å². The van der Waals surface area contributed by atoms with Crippen LogP contribution in [0.4, 0.5) is 0 Å². The predicted octanol–water partition coefficient (Wildman–Crippen LogP) is 7.77. The number of phosphoric ester groups is 1. The summed E-state index contributed by atoms with van der Waals surface area (Å²) in [6.07, 6.45) is 32.0. The Hall–Kier alpha value is -2.75. The number of aliphatic hydroxyl groups excluding tert-OH is 5. The van der Waals surface area contributed by atoms with Gasteiger partial charge in [-0.15, -0.1) is 0 Å². The molecule has 0 aromatic rings. The molecule has 0 amide bonds. The van der Waals surface area contributed by atoms with Crippen LogP contribution in [0, 0.1) is 5.92 Å². The van der Waals surface area contributed by atoms with E-state index in [2.05, 4.69) is 67.0 Å². The van der Waals surface area contributed by atoms with Gasteiger partial charge in [-0.3, -0.25) is 18.6 Å². The minimum atomic E-state index is -4.70. The minimum Gasteiger partial charge on any atom is -0.462 e. The van der Waals surface area contributed by atoms with Crippen molar-refractivity contribution in [2.24, 2.45) is 5.92 Å². The first-order valence-electron chi connectivity index (χ1n) is 22.3. The largest absolute Gasteiger partial charge is 0.472 e. The van der Waals surface area contributed by atoms with Gasteiger partial charge < -0.3 is 44.6 Å². The van der Waals surface area contributed by atoms with Gasteiger partial charge in [-0.1, -0.05) is 119 Å². The molecule has 0 spiro atoms. The Balaban J connectivity index is 2.52. The molecule has 0 saturated carbocycles. The van der Waals surface area contributed by atoms with Crippen LogP contribution in [0.25, 0.3) is 0 Å². The molecule has 0 aliphatic carbocycles. The van der Waals surface area contributed by atoms with E-state index in [-0.39, 0.29) is 25.2 Å². The summed E-state index contributed by atoms with van der Waals surface area (Å²) in [7, 11) is -4.70. The first-order valence-corrected chi connectivity index (χ1v) is 23.8. The van der Waals surface area contributed by atoms with Gasteiger partial charge in [0.1, 0.15) is 12.7 Å². The van der Waals surface area contributed by atoms with Crippen LogP contribution >= 0.6 is 7.82 Å². The van der Waals surface area contributed by atoms with Crippen LogP contribution in [0.1, 0.15) is 136 Å². The zero-order chi connectivity index (χ0) is 45.0. The van der Waals surface area contributed by atoms with Crippen molar-refractivity contribution in [3.63, 3.8) is 0 Å². The Morgan fingerprint density at radius 1 is 0.754 bits per heavy atom. The number of carbonyl (C=O) groups is 2. The maximum atomic E-state index is 12.7. The lowest BCUT2D eigenvalue weighted by Gasteiger charge is -2.36. The molecule has 15 heteroatoms. The number of ether oxygens (including phenoxy) is 3. The second-order valence-electron chi connectivity index (χ2n) is 15.2. The number of esters is 2. The monoisotopic (exact) mass is 885 g/mol. The van der Waals surface area contributed by atoms with Crippen molar-refractivity contribution in [2.75, 3.05) is 26.4 Å². The molecule has 2 unspecified atom stereocenters. The molecule has 1 aliphatic heterocycles. The maximum Gasteiger partial charge on any atom is 0.472 e. The van der Waals surface area contributed by atoms with Crippen LogP contribution < -0.4 is 0 Å². The number of rotatable bonds is 36. The van der Waals surface area contributed by atoms with Gasteiger partial charge in [0.25, 0.3) is 0 Å². The third kappa shape index (κ3) is 31.7. The summed E-state index contributed by atoms with van der Waals surface area (Å²) in [5.41, 5.74) is 0. The van der Waals surface area contributed by atoms with Gasteiger partial charge >= 0.3 is 19.8 Å². The van der Waals surface area contributed by atoms with Gasteiger partial charge in [0, 0.05) is 25.2 Å². The number of allylic oxidation sites excluding steroid dienone is 10. The lowest BCUT2D eigenvalue weighted by atomic mass is 9.87. The van der Waals surface area contributed by atoms with Crippen molar-refractivity contribution in [3.05, 3.63) is 72.9 Å². The minimum absolute atomic E-state index is 0.0378. The lowest BCUT2D eigenvalue weighted by molar-refractivity contribution is -0.199. The number of phosphoric acid groups is 1. The van der Waals surface area contributed by atoms with Gasteiger partial charge in [-0.05, 0) is 70.6 Å². The maximum absolute atomic E-state index is 12.7. The van der Waals surface area contributed by atoms with E-state index in [1.165, 1.54) is 0 Å². The normalized spacial score (nSPS) is 21.3. The summed E-state index contributed by atoms with van der Waals surface area (Å²) in [5, 5.41) is 49.3. The molecule has 350 valence electrons. The van der Waals surface area contributed by atoms with Crippen LogP contribution in [-0.4, -0.2) is 106 Å². The SMILES string of the molecule is CC/C=C\C/C=C\C/C=C\C/C=C\CCCCCCC(=O)O[C@H](COC(=O)CCC/C=C\C[C@H]1[C@@H](O)CC(O)O[C@@H]1/C=C/[C@@H](O)CCCCC)COP(=O)(O)OC[C@@H](O)CO. The number of carbonyl (C=O) groups excluding carboxylic acids is 2. The number of hydrogen-bond acceptors (Lipinski definition) is 13. The second-order valence-corrected chi connectivity index (χ2v) is 16.7. The molecule has 8 atom stereocenters. The van der Waals surface area contributed by atoms with Crippen LogP contribution in [0.15, 0.2) is 72.9 Å². The van der Waals surface area contributed by atoms with E-state index < -0.39 is 83.0 Å². The van der Waals surface area contributed by atoms with Crippen molar-refractivity contribution in [2.45, 2.75) is 173 Å². The van der Waals surface area contributed by atoms with Crippen LogP contribution in [0.5, 0.6) is 0 Å². The summed E-state index contributed by atoms with van der Waals surface area (Å²) in [4.78, 5) is 35.2. The Bertz CT molecular complexity index is 1360. The zero-order valence-corrected chi connectivity index (χ0v) is 37.5. The average molecular weight is 885 g/mol. The Morgan fingerprint density at radius 2 is 1.38 bits per heavy atom. The molecular weight excluding hydrogens is 807 g/mol. The average Bonchev–Trinajstić information content (AvgIpc) is 3.23. The summed E-state index contributed by atoms with van der Waals surface area (Å²) in [6, 6.07) is 0. The molecule has 1 aliphatic rings. The van der Waals surface area contributed by atoms with Crippen molar-refractivity contribution in [3.8, 4) is 0 Å². The smallest absolute Gasteiger partial charge is 0.462 e. The third-order valence-electron chi connectivity index (χ3n) is 9.64. The zero-order valence-electron chi connectivity index (χ0n) is 36.6. The van der Waals surface area contributed by atoms with Gasteiger partial charge in [0.2, 0.25) is 0 Å². The molecule has 1 fully saturated rings. The Morgan fingerprint density at radius 3 is 2.07 bits per heavy atom. The van der Waals surface area contributed by atoms with E-state index in [4.69, 9.17) is 23.8 Å². The van der Waals surface area contributed by atoms with Gasteiger partial charge in [0.05, 0.1) is 38.1 Å². The Labute approximate surface area is 364 Å². The fourth-order valence-corrected chi connectivity index (χ4v) is 6.93. The summed E-state index contributed by atoms with van der Waals surface area (Å²) >= 11 is 0. The molecule has 0 bridgehead atoms. The quantitative estimate of drug-likeness (QED) is 0.0153. The number of unbranched alkanes of at least 4 members (excludes halogenated alkanes) is 7. The lowest BCUT2D eigenvalue weighted by Crippen LogP contribution is -2.43. The highest BCUT2D eigenvalue weighted by Gasteiger charge is 2.35. The predicted molar refractivity (Wildman–Crippen MR) is 236 cm³/mol. The van der Waals surface area contributed by atoms with E-state index in [1.54, 1.807) is 12.2 Å². The van der Waals surface area contributed by atoms with Crippen molar-refractivity contribution in [1.29, 1.82) is 0 Å². The third-order valence-corrected chi connectivity index (χ3v) is 10.6. The highest BCUT2D eigenvalue weighted by Crippen LogP contribution is 2.43. The summed E-state index contributed by atoms with van der Waals surface area (Å²) < 4.78 is 38.3. The highest BCUT2D eigenvalue weighted by molar-refractivity contribution is 7.47. The first-order chi connectivity index (χ1) is 29.4. The van der Waals surface area contributed by atoms with Gasteiger partial charge in [-0.2, -0.15) is 0 Å². The van der Waals surface area contributed by atoms with Crippen LogP contribution in [0.3, 0.4) is 0 Å². The fourth-order valence-electron chi connectivity index (χ4n) is 6.14. The molecular formula is C46H77O14P. The van der Waals surface area contributed by atoms with Crippen LogP contribution in [0.2, 0.25) is 0 Å². The molecule has 1 saturated heterocycles. The van der Waals surface area contributed by atoms with Gasteiger partial charge in [-0.25, -0.2) is 4.57 Å². The highest BCUT2D eigenvalue weighted by atomic mass is 31.2. The standard InChI is InChI=1S/C46H77O14P/c1-3-5-7-8-9-10-11-12-13-14-15-16-17-18-19-20-26-30-45(52)59-40(37-58-61(54,55)57-35-39(49)34-47)36-56-44(51)29-25-22-21-24-28-41-42(50)33-46(53)60-43(41)32-31-38(48)27-23-6-4-2/h5,7,9-10,12-13,15-16,21,24,31-32,38-43,46-50,53H,3-4,6,8,11,14,17-20,22-23,25-30,33-37H2,1-2H3,(H,54,55)/b7-5-,10-9-,13-12-,16-15-,24-21-,32-31+/t38-,39-,40+,41-,42-,43+,46?/m0/s1. The van der Waals surface area contributed by atoms with E-state index in [0.29, 0.717) is 32.1 Å². The van der Waals surface area contributed by atoms with E-state index in [1.807, 2.05) is 12.2 Å². The fraction of sp³-hybridized carbons (Fsp3) is 0.696. The molecule has 0 aromatic carbocycles. The van der Waals surface area contributed by atoms with Gasteiger partial charge in [0.15, 0.2) is 12.4 Å². The molecule has 61 heavy (non-hydrogen) atoms. The van der Waals surface area contributed by atoms with E-state index in [0.717, 1.165) is 70.6 Å². The Kier molecular flexibility index (Phi) is 33.9. The molecule has 1 rings (SSSR count). The van der Waals surface area contributed by atoms with Crippen molar-refractivity contribution < 1.29 is 67.8 Å². The summed E-state index contributed by atoms with van der Waals surface area (Å²) in [6.45, 7) is 1.80. The number of aliphatic hydroxyl groups is 5. The molecule has 0 radical (unpaired) electrons. The second kappa shape index (κ2) is 36.7. The topological polar surface area (TPSA) is 219 Å². The summed E-state index contributed by atoms with van der Waals surface area (Å²) in [5.74, 6) is -1.49. The molecule has 0 aromatic heterocycles. The molecule has 6 N–H and O–H groups in total. The molecule has 1 heterocycles. The molecule has 14 nitrogen and oxygen atoms in total. The van der Waals surface area contributed by atoms with Crippen LogP contribution in [-0.2, 0) is 37.4 Å². The van der Waals surface area contributed by atoms with Crippen molar-refractivity contribution >= 4 is 19.8 Å². The number of hydrogen-bond donors (Lipinski definition) is 6. The first kappa shape index (κ1) is 56.3. The van der Waals surface area contributed by atoms with E-state index in [9.17, 15) is 39.5 Å².